The van der Waals surface area contributed by atoms with Gasteiger partial charge in [0.2, 0.25) is 0 Å². The average Bonchev–Trinajstić information content (AvgIpc) is 2.46. The average molecular weight is 249 g/mol. The van der Waals surface area contributed by atoms with E-state index in [1.807, 2.05) is 31.0 Å². The molecule has 19 heavy (non-hydrogen) atoms. The lowest BCUT2D eigenvalue weighted by molar-refractivity contribution is 0.602. The van der Waals surface area contributed by atoms with Gasteiger partial charge in [0.1, 0.15) is 0 Å². The highest BCUT2D eigenvalue weighted by atomic mass is 15.1. The number of nitrogens with zero attached hydrogens (tertiary/aromatic N) is 1. The van der Waals surface area contributed by atoms with E-state index in [9.17, 15) is 0 Å². The zero-order chi connectivity index (χ0) is 13.8. The molecule has 96 valence electrons. The lowest BCUT2D eigenvalue weighted by atomic mass is 9.97. The van der Waals surface area contributed by atoms with Crippen molar-refractivity contribution >= 4 is 5.70 Å². The number of hydrogen-bond acceptors (Lipinski definition) is 1. The van der Waals surface area contributed by atoms with Crippen molar-refractivity contribution in [3.63, 3.8) is 0 Å². The molecule has 0 saturated heterocycles. The summed E-state index contributed by atoms with van der Waals surface area (Å²) in [5.74, 6) is 0. The third-order valence-corrected chi connectivity index (χ3v) is 3.30. The summed E-state index contributed by atoms with van der Waals surface area (Å²) in [4.78, 5) is 2.02. The van der Waals surface area contributed by atoms with Gasteiger partial charge < -0.3 is 4.90 Å². The predicted molar refractivity (Wildman–Crippen MR) is 83.5 cm³/mol. The highest BCUT2D eigenvalue weighted by Crippen LogP contribution is 2.30. The molecule has 1 nitrogen and oxygen atoms in total. The topological polar surface area (TPSA) is 3.24 Å². The van der Waals surface area contributed by atoms with Gasteiger partial charge in [0.05, 0.1) is 0 Å². The van der Waals surface area contributed by atoms with Gasteiger partial charge in [-0.05, 0) is 18.1 Å². The van der Waals surface area contributed by atoms with Crippen LogP contribution in [0.5, 0.6) is 0 Å². The first kappa shape index (κ1) is 13.2. The van der Waals surface area contributed by atoms with Crippen molar-refractivity contribution in [2.75, 3.05) is 7.05 Å². The molecule has 0 aliphatic carbocycles. The minimum Gasteiger partial charge on any atom is -0.349 e. The standard InChI is InChI=1S/C18H19N/c1-14(2)19(4)15(3)17-12-8-9-13-18(17)16-10-6-5-7-11-16/h5-13H,1,3H2,2,4H3. The molecular formula is C18H19N. The minimum atomic E-state index is 0.965. The molecule has 0 bridgehead atoms. The number of rotatable bonds is 4. The smallest absolute Gasteiger partial charge is 0.0412 e. The van der Waals surface area contributed by atoms with Gasteiger partial charge in [0.15, 0.2) is 0 Å². The first-order valence-corrected chi connectivity index (χ1v) is 6.34. The fourth-order valence-corrected chi connectivity index (χ4v) is 2.02. The normalized spacial score (nSPS) is 10.0. The molecule has 0 saturated carbocycles. The van der Waals surface area contributed by atoms with Crippen LogP contribution in [0.4, 0.5) is 0 Å². The molecule has 0 spiro atoms. The highest BCUT2D eigenvalue weighted by molar-refractivity contribution is 5.80. The van der Waals surface area contributed by atoms with Gasteiger partial charge >= 0.3 is 0 Å². The van der Waals surface area contributed by atoms with Crippen LogP contribution in [0, 0.1) is 0 Å². The Morgan fingerprint density at radius 2 is 1.47 bits per heavy atom. The molecule has 0 heterocycles. The Labute approximate surface area is 115 Å². The van der Waals surface area contributed by atoms with Crippen LogP contribution >= 0.6 is 0 Å². The van der Waals surface area contributed by atoms with Gasteiger partial charge in [-0.25, -0.2) is 0 Å². The van der Waals surface area contributed by atoms with Gasteiger partial charge in [-0.15, -0.1) is 0 Å². The van der Waals surface area contributed by atoms with Crippen LogP contribution in [0.15, 0.2) is 73.5 Å². The van der Waals surface area contributed by atoms with E-state index >= 15 is 0 Å². The van der Waals surface area contributed by atoms with Crippen LogP contribution in [0.25, 0.3) is 16.8 Å². The van der Waals surface area contributed by atoms with Crippen LogP contribution < -0.4 is 0 Å². The van der Waals surface area contributed by atoms with Crippen molar-refractivity contribution in [2.45, 2.75) is 6.92 Å². The quantitative estimate of drug-likeness (QED) is 0.753. The van der Waals surface area contributed by atoms with E-state index in [0.717, 1.165) is 17.0 Å². The maximum Gasteiger partial charge on any atom is 0.0412 e. The molecule has 0 N–H and O–H groups in total. The molecule has 0 amide bonds. The van der Waals surface area contributed by atoms with Crippen LogP contribution in [0.3, 0.4) is 0 Å². The molecule has 0 aliphatic heterocycles. The monoisotopic (exact) mass is 249 g/mol. The van der Waals surface area contributed by atoms with Crippen molar-refractivity contribution in [3.8, 4) is 11.1 Å². The minimum absolute atomic E-state index is 0.965. The Hall–Kier alpha value is -2.28. The van der Waals surface area contributed by atoms with Crippen LogP contribution in [-0.4, -0.2) is 11.9 Å². The largest absolute Gasteiger partial charge is 0.349 e. The van der Waals surface area contributed by atoms with E-state index in [2.05, 4.69) is 55.6 Å². The van der Waals surface area contributed by atoms with E-state index in [0.29, 0.717) is 0 Å². The lowest BCUT2D eigenvalue weighted by Gasteiger charge is -2.23. The summed E-state index contributed by atoms with van der Waals surface area (Å²) >= 11 is 0. The van der Waals surface area contributed by atoms with Crippen LogP contribution in [0.2, 0.25) is 0 Å². The Morgan fingerprint density at radius 3 is 2.11 bits per heavy atom. The Kier molecular flexibility index (Phi) is 3.86. The first-order chi connectivity index (χ1) is 9.11. The van der Waals surface area contributed by atoms with Gasteiger partial charge in [0, 0.05) is 24.0 Å². The molecule has 1 heteroatoms. The molecule has 0 atom stereocenters. The van der Waals surface area contributed by atoms with E-state index in [1.165, 1.54) is 11.1 Å². The Morgan fingerprint density at radius 1 is 0.895 bits per heavy atom. The summed E-state index contributed by atoms with van der Waals surface area (Å²) in [7, 11) is 1.99. The first-order valence-electron chi connectivity index (χ1n) is 6.34. The van der Waals surface area contributed by atoms with Gasteiger partial charge in [0.25, 0.3) is 0 Å². The second-order valence-corrected chi connectivity index (χ2v) is 4.65. The Bertz CT molecular complexity index is 596. The number of allylic oxidation sites excluding steroid dienone is 1. The molecule has 2 rings (SSSR count). The third kappa shape index (κ3) is 2.76. The summed E-state index contributed by atoms with van der Waals surface area (Å²) in [5.41, 5.74) is 5.48. The molecule has 2 aromatic carbocycles. The molecule has 0 aromatic heterocycles. The number of benzene rings is 2. The van der Waals surface area contributed by atoms with Gasteiger partial charge in [-0.1, -0.05) is 67.8 Å². The van der Waals surface area contributed by atoms with Crippen LogP contribution in [-0.2, 0) is 0 Å². The SMILES string of the molecule is C=C(C)N(C)C(=C)c1ccccc1-c1ccccc1. The fourth-order valence-electron chi connectivity index (χ4n) is 2.02. The molecule has 2 aromatic rings. The molecule has 0 aliphatic rings. The summed E-state index contributed by atoms with van der Waals surface area (Å²) in [6.07, 6.45) is 0. The number of hydrogen-bond donors (Lipinski definition) is 0. The van der Waals surface area contributed by atoms with Gasteiger partial charge in [-0.2, -0.15) is 0 Å². The molecular weight excluding hydrogens is 230 g/mol. The molecule has 0 fully saturated rings. The zero-order valence-corrected chi connectivity index (χ0v) is 11.6. The maximum absolute atomic E-state index is 4.20. The Balaban J connectivity index is 2.48. The lowest BCUT2D eigenvalue weighted by Crippen LogP contribution is -2.13. The van der Waals surface area contributed by atoms with E-state index in [-0.39, 0.29) is 0 Å². The van der Waals surface area contributed by atoms with Crippen molar-refractivity contribution in [1.82, 2.24) is 4.90 Å². The third-order valence-electron chi connectivity index (χ3n) is 3.30. The van der Waals surface area contributed by atoms with Crippen molar-refractivity contribution in [2.24, 2.45) is 0 Å². The second-order valence-electron chi connectivity index (χ2n) is 4.65. The van der Waals surface area contributed by atoms with Crippen molar-refractivity contribution in [3.05, 3.63) is 79.0 Å². The van der Waals surface area contributed by atoms with Gasteiger partial charge in [-0.3, -0.25) is 0 Å². The summed E-state index contributed by atoms with van der Waals surface area (Å²) < 4.78 is 0. The van der Waals surface area contributed by atoms with Crippen molar-refractivity contribution < 1.29 is 0 Å². The molecule has 0 radical (unpaired) electrons. The summed E-state index contributed by atoms with van der Waals surface area (Å²) in [6.45, 7) is 10.1. The predicted octanol–water partition coefficient (Wildman–Crippen LogP) is 4.79. The highest BCUT2D eigenvalue weighted by Gasteiger charge is 2.10. The van der Waals surface area contributed by atoms with E-state index < -0.39 is 0 Å². The summed E-state index contributed by atoms with van der Waals surface area (Å²) in [6, 6.07) is 18.7. The summed E-state index contributed by atoms with van der Waals surface area (Å²) in [5, 5.41) is 0. The second kappa shape index (κ2) is 5.57. The van der Waals surface area contributed by atoms with E-state index in [4.69, 9.17) is 0 Å². The fraction of sp³-hybridized carbons (Fsp3) is 0.111. The van der Waals surface area contributed by atoms with E-state index in [1.54, 1.807) is 0 Å². The van der Waals surface area contributed by atoms with Crippen molar-refractivity contribution in [1.29, 1.82) is 0 Å². The molecule has 0 unspecified atom stereocenters. The zero-order valence-electron chi connectivity index (χ0n) is 11.6. The maximum atomic E-state index is 4.20. The van der Waals surface area contributed by atoms with Crippen LogP contribution in [0.1, 0.15) is 12.5 Å².